The Labute approximate surface area is 188 Å². The van der Waals surface area contributed by atoms with Gasteiger partial charge >= 0.3 is 0 Å². The zero-order valence-electron chi connectivity index (χ0n) is 19.4. The summed E-state index contributed by atoms with van der Waals surface area (Å²) in [5.74, 6) is 0.170. The van der Waals surface area contributed by atoms with Crippen molar-refractivity contribution in [3.8, 4) is 17.0 Å². The van der Waals surface area contributed by atoms with Gasteiger partial charge in [-0.25, -0.2) is 0 Å². The molecule has 1 atom stereocenters. The van der Waals surface area contributed by atoms with Crippen molar-refractivity contribution in [3.05, 3.63) is 70.9 Å². The largest absolute Gasteiger partial charge is 0.464 e. The lowest BCUT2D eigenvalue weighted by Crippen LogP contribution is -2.31. The van der Waals surface area contributed by atoms with Crippen molar-refractivity contribution in [1.82, 2.24) is 14.8 Å². The minimum atomic E-state index is -0.724. The highest BCUT2D eigenvalue weighted by molar-refractivity contribution is 5.97. The van der Waals surface area contributed by atoms with E-state index in [2.05, 4.69) is 27.5 Å². The minimum Gasteiger partial charge on any atom is -0.464 e. The molecule has 1 unspecified atom stereocenters. The Balaban J connectivity index is 1.66. The predicted molar refractivity (Wildman–Crippen MR) is 128 cm³/mol. The molecule has 4 aromatic rings. The van der Waals surface area contributed by atoms with Gasteiger partial charge in [0.2, 0.25) is 5.88 Å². The average molecular weight is 429 g/mol. The molecular formula is C26H28N4O2. The van der Waals surface area contributed by atoms with E-state index in [1.807, 2.05) is 71.1 Å². The molecule has 0 bridgehead atoms. The lowest BCUT2D eigenvalue weighted by molar-refractivity contribution is -0.122. The van der Waals surface area contributed by atoms with E-state index in [9.17, 15) is 4.79 Å². The Morgan fingerprint density at radius 1 is 1.03 bits per heavy atom. The van der Waals surface area contributed by atoms with Gasteiger partial charge in [-0.05, 0) is 56.9 Å². The minimum absolute atomic E-state index is 0.218. The van der Waals surface area contributed by atoms with Gasteiger partial charge < -0.3 is 10.1 Å². The van der Waals surface area contributed by atoms with E-state index in [1.54, 1.807) is 11.6 Å². The summed E-state index contributed by atoms with van der Waals surface area (Å²) in [5, 5.41) is 8.53. The number of amides is 1. The van der Waals surface area contributed by atoms with Crippen molar-refractivity contribution in [3.63, 3.8) is 0 Å². The summed E-state index contributed by atoms with van der Waals surface area (Å²) in [6.45, 7) is 9.74. The summed E-state index contributed by atoms with van der Waals surface area (Å²) in [7, 11) is 1.86. The number of pyridine rings is 1. The van der Waals surface area contributed by atoms with Gasteiger partial charge in [-0.3, -0.25) is 9.48 Å². The van der Waals surface area contributed by atoms with Crippen LogP contribution in [0.5, 0.6) is 5.88 Å². The van der Waals surface area contributed by atoms with Gasteiger partial charge in [-0.1, -0.05) is 48.0 Å². The molecule has 2 aromatic carbocycles. The number of aryl methyl sites for hydroxylation is 5. The maximum atomic E-state index is 12.9. The maximum Gasteiger partial charge on any atom is 0.265 e. The molecule has 32 heavy (non-hydrogen) atoms. The zero-order chi connectivity index (χ0) is 23.0. The van der Waals surface area contributed by atoms with Crippen LogP contribution in [0.1, 0.15) is 29.3 Å². The number of hydrogen-bond donors (Lipinski definition) is 1. The fraction of sp³-hybridized carbons (Fsp3) is 0.269. The van der Waals surface area contributed by atoms with E-state index in [0.717, 1.165) is 44.7 Å². The van der Waals surface area contributed by atoms with Gasteiger partial charge in [-0.2, -0.15) is 10.1 Å². The third-order valence-corrected chi connectivity index (χ3v) is 5.62. The molecule has 0 spiro atoms. The molecule has 0 aliphatic heterocycles. The molecule has 0 aliphatic carbocycles. The first-order valence-corrected chi connectivity index (χ1v) is 10.7. The van der Waals surface area contributed by atoms with Crippen molar-refractivity contribution < 1.29 is 9.53 Å². The SMILES string of the molecule is Cc1cc(C)c(NC(=O)C(C)Oc2cc(-c3ccccc3)c3c(C)nn(C)c3n2)c(C)c1. The number of carbonyl (C=O) groups excluding carboxylic acids is 1. The predicted octanol–water partition coefficient (Wildman–Crippen LogP) is 5.27. The van der Waals surface area contributed by atoms with E-state index < -0.39 is 6.10 Å². The first kappa shape index (κ1) is 21.6. The summed E-state index contributed by atoms with van der Waals surface area (Å²) in [6.07, 6.45) is -0.724. The molecule has 2 aromatic heterocycles. The van der Waals surface area contributed by atoms with Gasteiger partial charge in [0, 0.05) is 18.8 Å². The second-order valence-electron chi connectivity index (χ2n) is 8.30. The van der Waals surface area contributed by atoms with Crippen LogP contribution in [0.25, 0.3) is 22.2 Å². The Hall–Kier alpha value is -3.67. The first-order chi connectivity index (χ1) is 15.2. The quantitative estimate of drug-likeness (QED) is 0.470. The summed E-state index contributed by atoms with van der Waals surface area (Å²) in [5.41, 5.74) is 7.69. The van der Waals surface area contributed by atoms with Crippen molar-refractivity contribution in [2.24, 2.45) is 7.05 Å². The van der Waals surface area contributed by atoms with Crippen LogP contribution < -0.4 is 10.1 Å². The highest BCUT2D eigenvalue weighted by Crippen LogP contribution is 2.33. The fourth-order valence-corrected chi connectivity index (χ4v) is 4.16. The Kier molecular flexibility index (Phi) is 5.70. The summed E-state index contributed by atoms with van der Waals surface area (Å²) in [4.78, 5) is 17.6. The second-order valence-corrected chi connectivity index (χ2v) is 8.30. The topological polar surface area (TPSA) is 69.0 Å². The number of benzene rings is 2. The van der Waals surface area contributed by atoms with Crippen LogP contribution in [-0.2, 0) is 11.8 Å². The van der Waals surface area contributed by atoms with Crippen LogP contribution in [0.2, 0.25) is 0 Å². The Morgan fingerprint density at radius 3 is 2.34 bits per heavy atom. The van der Waals surface area contributed by atoms with Gasteiger partial charge in [0.1, 0.15) is 0 Å². The van der Waals surface area contributed by atoms with E-state index in [1.165, 1.54) is 5.56 Å². The number of carbonyl (C=O) groups is 1. The second kappa shape index (κ2) is 8.46. The molecule has 0 fully saturated rings. The summed E-state index contributed by atoms with van der Waals surface area (Å²) in [6, 6.07) is 16.1. The molecule has 0 saturated carbocycles. The van der Waals surface area contributed by atoms with E-state index in [4.69, 9.17) is 4.74 Å². The molecule has 0 aliphatic rings. The van der Waals surface area contributed by atoms with Gasteiger partial charge in [0.05, 0.1) is 11.1 Å². The number of hydrogen-bond acceptors (Lipinski definition) is 4. The third-order valence-electron chi connectivity index (χ3n) is 5.62. The number of anilines is 1. The average Bonchev–Trinajstić information content (AvgIpc) is 3.04. The number of fused-ring (bicyclic) bond motifs is 1. The van der Waals surface area contributed by atoms with Crippen LogP contribution in [0.15, 0.2) is 48.5 Å². The highest BCUT2D eigenvalue weighted by atomic mass is 16.5. The molecule has 1 amide bonds. The van der Waals surface area contributed by atoms with Crippen LogP contribution in [-0.4, -0.2) is 26.8 Å². The van der Waals surface area contributed by atoms with Crippen LogP contribution in [0.4, 0.5) is 5.69 Å². The lowest BCUT2D eigenvalue weighted by Gasteiger charge is -2.18. The molecule has 4 rings (SSSR count). The number of nitrogens with one attached hydrogen (secondary N) is 1. The molecule has 2 heterocycles. The fourth-order valence-electron chi connectivity index (χ4n) is 4.16. The normalized spacial score (nSPS) is 12.1. The molecular weight excluding hydrogens is 400 g/mol. The molecule has 6 heteroatoms. The number of ether oxygens (including phenoxy) is 1. The summed E-state index contributed by atoms with van der Waals surface area (Å²) < 4.78 is 7.77. The number of rotatable bonds is 5. The smallest absolute Gasteiger partial charge is 0.265 e. The van der Waals surface area contributed by atoms with Gasteiger partial charge in [0.25, 0.3) is 5.91 Å². The standard InChI is InChI=1S/C26H28N4O2/c1-15-12-16(2)24(17(3)13-15)28-26(31)19(5)32-22-14-21(20-10-8-7-9-11-20)23-18(4)29-30(6)25(23)27-22/h7-14,19H,1-6H3,(H,28,31). The zero-order valence-corrected chi connectivity index (χ0v) is 19.4. The molecule has 0 radical (unpaired) electrons. The Bertz CT molecular complexity index is 1290. The highest BCUT2D eigenvalue weighted by Gasteiger charge is 2.20. The molecule has 164 valence electrons. The molecule has 0 saturated heterocycles. The van der Waals surface area contributed by atoms with E-state index in [0.29, 0.717) is 5.88 Å². The summed E-state index contributed by atoms with van der Waals surface area (Å²) >= 11 is 0. The van der Waals surface area contributed by atoms with Crippen molar-refractivity contribution in [2.45, 2.75) is 40.7 Å². The Morgan fingerprint density at radius 2 is 1.69 bits per heavy atom. The monoisotopic (exact) mass is 428 g/mol. The van der Waals surface area contributed by atoms with Crippen molar-refractivity contribution >= 4 is 22.6 Å². The molecule has 1 N–H and O–H groups in total. The van der Waals surface area contributed by atoms with Crippen molar-refractivity contribution in [2.75, 3.05) is 5.32 Å². The van der Waals surface area contributed by atoms with Crippen LogP contribution in [0, 0.1) is 27.7 Å². The lowest BCUT2D eigenvalue weighted by atomic mass is 10.0. The van der Waals surface area contributed by atoms with Crippen LogP contribution in [0.3, 0.4) is 0 Å². The number of nitrogens with zero attached hydrogens (tertiary/aromatic N) is 3. The van der Waals surface area contributed by atoms with Crippen molar-refractivity contribution in [1.29, 1.82) is 0 Å². The van der Waals surface area contributed by atoms with Gasteiger partial charge in [0.15, 0.2) is 11.8 Å². The third kappa shape index (κ3) is 4.08. The van der Waals surface area contributed by atoms with E-state index >= 15 is 0 Å². The first-order valence-electron chi connectivity index (χ1n) is 10.7. The van der Waals surface area contributed by atoms with Gasteiger partial charge in [-0.15, -0.1) is 0 Å². The van der Waals surface area contributed by atoms with E-state index in [-0.39, 0.29) is 5.91 Å². The maximum absolute atomic E-state index is 12.9. The number of aromatic nitrogens is 3. The van der Waals surface area contributed by atoms with Crippen LogP contribution >= 0.6 is 0 Å². The molecule has 6 nitrogen and oxygen atoms in total.